The first-order valence-corrected chi connectivity index (χ1v) is 5.94. The fourth-order valence-corrected chi connectivity index (χ4v) is 1.35. The summed E-state index contributed by atoms with van der Waals surface area (Å²) in [5.41, 5.74) is 3.29. The van der Waals surface area contributed by atoms with Crippen molar-refractivity contribution in [1.82, 2.24) is 4.98 Å². The molecule has 1 aromatic carbocycles. The van der Waals surface area contributed by atoms with Crippen LogP contribution in [0.2, 0.25) is 0 Å². The van der Waals surface area contributed by atoms with Crippen LogP contribution in [0.4, 0.5) is 0 Å². The summed E-state index contributed by atoms with van der Waals surface area (Å²) in [6.07, 6.45) is 3.59. The van der Waals surface area contributed by atoms with Gasteiger partial charge in [0.2, 0.25) is 0 Å². The second kappa shape index (κ2) is 7.64. The number of aromatic nitrogens is 1. The zero-order chi connectivity index (χ0) is 12.5. The average molecular weight is 246 g/mol. The van der Waals surface area contributed by atoms with Gasteiger partial charge >= 0.3 is 0 Å². The number of hydrogen-bond donors (Lipinski definition) is 0. The smallest absolute Gasteiger partial charge is 0.0474 e. The van der Waals surface area contributed by atoms with Crippen molar-refractivity contribution >= 4 is 17.7 Å². The first-order chi connectivity index (χ1) is 8.26. The highest BCUT2D eigenvalue weighted by molar-refractivity contribution is 6.17. The average Bonchev–Trinajstić information content (AvgIpc) is 2.41. The summed E-state index contributed by atoms with van der Waals surface area (Å²) in [6, 6.07) is 13.9. The molecule has 0 radical (unpaired) electrons. The molecule has 0 bridgehead atoms. The highest BCUT2D eigenvalue weighted by Crippen LogP contribution is 2.00. The molecular weight excluding hydrogens is 230 g/mol. The van der Waals surface area contributed by atoms with E-state index in [9.17, 15) is 0 Å². The Morgan fingerprint density at radius 1 is 1.18 bits per heavy atom. The van der Waals surface area contributed by atoms with Gasteiger partial charge in [0.15, 0.2) is 0 Å². The van der Waals surface area contributed by atoms with Crippen LogP contribution in [0, 0.1) is 6.92 Å². The second-order valence-electron chi connectivity index (χ2n) is 3.56. The van der Waals surface area contributed by atoms with Gasteiger partial charge in [0.1, 0.15) is 0 Å². The summed E-state index contributed by atoms with van der Waals surface area (Å²) in [6.45, 7) is 5.59. The largest absolute Gasteiger partial charge is 0.261 e. The number of aryl methyl sites for hydroxylation is 1. The summed E-state index contributed by atoms with van der Waals surface area (Å²) >= 11 is 5.53. The first-order valence-electron chi connectivity index (χ1n) is 5.41. The van der Waals surface area contributed by atoms with Crippen LogP contribution in [-0.2, 0) is 5.88 Å². The topological polar surface area (TPSA) is 12.9 Å². The number of halogens is 1. The van der Waals surface area contributed by atoms with Gasteiger partial charge in [-0.1, -0.05) is 49.1 Å². The third-order valence-electron chi connectivity index (χ3n) is 2.17. The molecule has 0 saturated carbocycles. The van der Waals surface area contributed by atoms with E-state index in [1.54, 1.807) is 6.08 Å². The number of nitrogens with zero attached hydrogens (tertiary/aromatic N) is 1. The summed E-state index contributed by atoms with van der Waals surface area (Å²) in [5, 5.41) is 0. The molecule has 0 N–H and O–H groups in total. The lowest BCUT2D eigenvalue weighted by Crippen LogP contribution is -1.78. The molecule has 0 amide bonds. The van der Waals surface area contributed by atoms with Crippen LogP contribution in [0.15, 0.2) is 55.2 Å². The molecule has 0 fully saturated rings. The fourth-order valence-electron chi connectivity index (χ4n) is 1.17. The Labute approximate surface area is 108 Å². The summed E-state index contributed by atoms with van der Waals surface area (Å²) in [4.78, 5) is 4.08. The van der Waals surface area contributed by atoms with Crippen LogP contribution in [0.3, 0.4) is 0 Å². The van der Waals surface area contributed by atoms with E-state index in [1.165, 1.54) is 5.56 Å². The van der Waals surface area contributed by atoms with Gasteiger partial charge in [-0.3, -0.25) is 4.98 Å². The van der Waals surface area contributed by atoms with Gasteiger partial charge < -0.3 is 0 Å². The maximum absolute atomic E-state index is 5.53. The van der Waals surface area contributed by atoms with Gasteiger partial charge in [0.05, 0.1) is 0 Å². The van der Waals surface area contributed by atoms with Gasteiger partial charge in [-0.05, 0) is 24.1 Å². The third kappa shape index (κ3) is 5.32. The Kier molecular flexibility index (Phi) is 6.05. The van der Waals surface area contributed by atoms with Crippen molar-refractivity contribution in [3.63, 3.8) is 0 Å². The Morgan fingerprint density at radius 3 is 2.29 bits per heavy atom. The molecule has 88 valence electrons. The SMILES string of the molecule is C=Cc1ccc(C)nc1.ClCc1ccccc1. The molecule has 0 spiro atoms. The molecule has 1 heterocycles. The monoisotopic (exact) mass is 245 g/mol. The number of hydrogen-bond acceptors (Lipinski definition) is 1. The Balaban J connectivity index is 0.000000171. The van der Waals surface area contributed by atoms with Gasteiger partial charge in [-0.2, -0.15) is 0 Å². The molecule has 0 unspecified atom stereocenters. The minimum absolute atomic E-state index is 0.612. The Hall–Kier alpha value is -1.60. The maximum atomic E-state index is 5.53. The molecule has 2 aromatic rings. The van der Waals surface area contributed by atoms with Crippen LogP contribution < -0.4 is 0 Å². The molecule has 0 saturated heterocycles. The summed E-state index contributed by atoms with van der Waals surface area (Å²) in [7, 11) is 0. The Morgan fingerprint density at radius 2 is 1.88 bits per heavy atom. The lowest BCUT2D eigenvalue weighted by molar-refractivity contribution is 1.19. The van der Waals surface area contributed by atoms with Crippen molar-refractivity contribution in [3.05, 3.63) is 72.1 Å². The quantitative estimate of drug-likeness (QED) is 0.712. The van der Waals surface area contributed by atoms with Crippen molar-refractivity contribution in [3.8, 4) is 0 Å². The maximum Gasteiger partial charge on any atom is 0.0474 e. The molecule has 2 heteroatoms. The van der Waals surface area contributed by atoms with Gasteiger partial charge in [-0.25, -0.2) is 0 Å². The number of pyridine rings is 1. The number of alkyl halides is 1. The molecule has 1 nitrogen and oxygen atoms in total. The first kappa shape index (κ1) is 13.5. The van der Waals surface area contributed by atoms with E-state index in [-0.39, 0.29) is 0 Å². The van der Waals surface area contributed by atoms with E-state index in [0.29, 0.717) is 5.88 Å². The van der Waals surface area contributed by atoms with Crippen molar-refractivity contribution < 1.29 is 0 Å². The zero-order valence-corrected chi connectivity index (χ0v) is 10.7. The van der Waals surface area contributed by atoms with Gasteiger partial charge in [-0.15, -0.1) is 11.6 Å². The molecule has 0 aliphatic carbocycles. The van der Waals surface area contributed by atoms with Crippen LogP contribution in [0.5, 0.6) is 0 Å². The van der Waals surface area contributed by atoms with Crippen LogP contribution in [0.1, 0.15) is 16.8 Å². The molecular formula is C15H16ClN. The van der Waals surface area contributed by atoms with E-state index in [1.807, 2.05) is 55.6 Å². The summed E-state index contributed by atoms with van der Waals surface area (Å²) in [5.74, 6) is 0.612. The minimum atomic E-state index is 0.612. The van der Waals surface area contributed by atoms with E-state index in [0.717, 1.165) is 11.3 Å². The van der Waals surface area contributed by atoms with Crippen molar-refractivity contribution in [2.75, 3.05) is 0 Å². The molecule has 0 atom stereocenters. The summed E-state index contributed by atoms with van der Waals surface area (Å²) < 4.78 is 0. The lowest BCUT2D eigenvalue weighted by atomic mass is 10.2. The second-order valence-corrected chi connectivity index (χ2v) is 3.82. The molecule has 2 rings (SSSR count). The van der Waals surface area contributed by atoms with Crippen LogP contribution in [0.25, 0.3) is 6.08 Å². The van der Waals surface area contributed by atoms with Gasteiger partial charge in [0.25, 0.3) is 0 Å². The molecule has 0 aliphatic rings. The highest BCUT2D eigenvalue weighted by atomic mass is 35.5. The lowest BCUT2D eigenvalue weighted by Gasteiger charge is -1.90. The van der Waals surface area contributed by atoms with Crippen LogP contribution in [-0.4, -0.2) is 4.98 Å². The standard InChI is InChI=1S/C8H9N.C7H7Cl/c1-3-8-5-4-7(2)9-6-8;8-6-7-4-2-1-3-5-7/h3-6H,1H2,2H3;1-5H,6H2. The van der Waals surface area contributed by atoms with Crippen LogP contribution >= 0.6 is 11.6 Å². The van der Waals surface area contributed by atoms with E-state index in [4.69, 9.17) is 11.6 Å². The molecule has 0 aliphatic heterocycles. The molecule has 17 heavy (non-hydrogen) atoms. The normalized spacial score (nSPS) is 9.06. The number of benzene rings is 1. The molecule has 1 aromatic heterocycles. The Bertz CT molecular complexity index is 434. The van der Waals surface area contributed by atoms with Crippen molar-refractivity contribution in [2.45, 2.75) is 12.8 Å². The number of rotatable bonds is 2. The minimum Gasteiger partial charge on any atom is -0.261 e. The van der Waals surface area contributed by atoms with E-state index >= 15 is 0 Å². The highest BCUT2D eigenvalue weighted by Gasteiger charge is 1.83. The third-order valence-corrected chi connectivity index (χ3v) is 2.48. The van der Waals surface area contributed by atoms with Gasteiger partial charge in [0, 0.05) is 17.8 Å². The predicted octanol–water partition coefficient (Wildman–Crippen LogP) is 4.46. The van der Waals surface area contributed by atoms with E-state index < -0.39 is 0 Å². The van der Waals surface area contributed by atoms with Crippen molar-refractivity contribution in [1.29, 1.82) is 0 Å². The van der Waals surface area contributed by atoms with E-state index in [2.05, 4.69) is 11.6 Å². The predicted molar refractivity (Wildman–Crippen MR) is 75.1 cm³/mol. The van der Waals surface area contributed by atoms with Crippen molar-refractivity contribution in [2.24, 2.45) is 0 Å². The fraction of sp³-hybridized carbons (Fsp3) is 0.133. The zero-order valence-electron chi connectivity index (χ0n) is 9.94.